The van der Waals surface area contributed by atoms with Crippen molar-refractivity contribution in [1.82, 2.24) is 0 Å². The fourth-order valence-corrected chi connectivity index (χ4v) is 9.94. The van der Waals surface area contributed by atoms with Crippen molar-refractivity contribution in [3.63, 3.8) is 0 Å². The second kappa shape index (κ2) is 13.0. The van der Waals surface area contributed by atoms with Gasteiger partial charge in [0, 0.05) is 54.4 Å². The van der Waals surface area contributed by atoms with Crippen LogP contribution in [0.5, 0.6) is 0 Å². The second-order valence-electron chi connectivity index (χ2n) is 14.5. The standard InChI is InChI=1S/C52H36N2S/c1-3-13-35(14-4-1)38-15-11-18-42(33-38)53(47-22-12-23-48-52(47)43-19-7-9-21-46(43)54(48)40-16-5-2-6-17-40)41-30-27-36(28-31-41)39-26-25-37-29-32-50-51(45(37)34-39)44-20-8-10-24-49(44)55-50/h1-18,20-34,43H,19H2. The Kier molecular flexibility index (Phi) is 7.53. The fourth-order valence-electron chi connectivity index (χ4n) is 8.81. The lowest BCUT2D eigenvalue weighted by Crippen LogP contribution is -2.14. The molecule has 0 N–H and O–H groups in total. The van der Waals surface area contributed by atoms with E-state index in [0.29, 0.717) is 0 Å². The predicted molar refractivity (Wildman–Crippen MR) is 236 cm³/mol. The number of rotatable bonds is 6. The monoisotopic (exact) mass is 720 g/mol. The number of nitrogens with zero attached hydrogens (tertiary/aromatic N) is 2. The molecule has 55 heavy (non-hydrogen) atoms. The van der Waals surface area contributed by atoms with Crippen molar-refractivity contribution in [3.8, 4) is 22.3 Å². The average Bonchev–Trinajstić information content (AvgIpc) is 3.81. The van der Waals surface area contributed by atoms with Crippen LogP contribution in [0.2, 0.25) is 0 Å². The summed E-state index contributed by atoms with van der Waals surface area (Å²) >= 11 is 1.88. The van der Waals surface area contributed by atoms with Gasteiger partial charge in [0.05, 0.1) is 11.4 Å². The lowest BCUT2D eigenvalue weighted by molar-refractivity contribution is 0.819. The van der Waals surface area contributed by atoms with Gasteiger partial charge >= 0.3 is 0 Å². The molecule has 2 heterocycles. The Morgan fingerprint density at radius 3 is 2.11 bits per heavy atom. The topological polar surface area (TPSA) is 6.48 Å². The van der Waals surface area contributed by atoms with Gasteiger partial charge in [0.25, 0.3) is 0 Å². The average molecular weight is 721 g/mol. The van der Waals surface area contributed by atoms with Crippen LogP contribution >= 0.6 is 11.3 Å². The highest BCUT2D eigenvalue weighted by Gasteiger charge is 2.38. The molecule has 0 fully saturated rings. The Morgan fingerprint density at radius 2 is 1.24 bits per heavy atom. The minimum absolute atomic E-state index is 0.248. The minimum atomic E-state index is 0.248. The summed E-state index contributed by atoms with van der Waals surface area (Å²) in [5, 5.41) is 5.27. The molecule has 0 saturated heterocycles. The maximum atomic E-state index is 2.47. The van der Waals surface area contributed by atoms with Gasteiger partial charge in [-0.05, 0) is 112 Å². The zero-order chi connectivity index (χ0) is 36.3. The van der Waals surface area contributed by atoms with Crippen molar-refractivity contribution in [2.45, 2.75) is 12.3 Å². The molecule has 1 unspecified atom stereocenters. The molecule has 8 aromatic carbocycles. The van der Waals surface area contributed by atoms with Crippen LogP contribution in [0.1, 0.15) is 17.9 Å². The molecular formula is C52H36N2S. The van der Waals surface area contributed by atoms with Crippen LogP contribution in [0.25, 0.3) is 53.2 Å². The van der Waals surface area contributed by atoms with Crippen LogP contribution in [0.3, 0.4) is 0 Å². The first kappa shape index (κ1) is 31.8. The highest BCUT2D eigenvalue weighted by atomic mass is 32.1. The molecular weight excluding hydrogens is 685 g/mol. The molecule has 0 bridgehead atoms. The van der Waals surface area contributed by atoms with Crippen molar-refractivity contribution in [3.05, 3.63) is 211 Å². The molecule has 11 rings (SSSR count). The molecule has 0 saturated carbocycles. The van der Waals surface area contributed by atoms with Crippen LogP contribution < -0.4 is 9.80 Å². The molecule has 1 aromatic heterocycles. The smallest absolute Gasteiger partial charge is 0.0521 e. The van der Waals surface area contributed by atoms with E-state index in [1.807, 2.05) is 11.3 Å². The zero-order valence-corrected chi connectivity index (χ0v) is 31.0. The van der Waals surface area contributed by atoms with E-state index < -0.39 is 0 Å². The fraction of sp³-hybridized carbons (Fsp3) is 0.0385. The molecule has 1 aliphatic carbocycles. The molecule has 9 aromatic rings. The Hall–Kier alpha value is -6.68. The summed E-state index contributed by atoms with van der Waals surface area (Å²) in [7, 11) is 0. The maximum absolute atomic E-state index is 2.47. The van der Waals surface area contributed by atoms with Crippen LogP contribution in [-0.4, -0.2) is 0 Å². The lowest BCUT2D eigenvalue weighted by Gasteiger charge is -2.29. The Labute approximate surface area is 325 Å². The normalized spacial score (nSPS) is 14.7. The predicted octanol–water partition coefficient (Wildman–Crippen LogP) is 15.1. The van der Waals surface area contributed by atoms with Crippen LogP contribution in [0, 0.1) is 0 Å². The summed E-state index contributed by atoms with van der Waals surface area (Å²) < 4.78 is 2.67. The first-order chi connectivity index (χ1) is 27.3. The van der Waals surface area contributed by atoms with Gasteiger partial charge < -0.3 is 9.80 Å². The number of allylic oxidation sites excluding steroid dienone is 4. The SMILES string of the molecule is C1=CCC2C(=C1)N(c1ccccc1)c1cccc(N(c3ccc(-c4ccc5ccc6sc7ccccc7c6c5c4)cc3)c3cccc(-c4ccccc4)c3)c12. The van der Waals surface area contributed by atoms with Gasteiger partial charge in [0.2, 0.25) is 0 Å². The number of hydrogen-bond acceptors (Lipinski definition) is 3. The lowest BCUT2D eigenvalue weighted by atomic mass is 9.90. The summed E-state index contributed by atoms with van der Waals surface area (Å²) in [6.45, 7) is 0. The van der Waals surface area contributed by atoms with Gasteiger partial charge in [-0.25, -0.2) is 0 Å². The maximum Gasteiger partial charge on any atom is 0.0521 e. The van der Waals surface area contributed by atoms with E-state index in [2.05, 4.69) is 210 Å². The van der Waals surface area contributed by atoms with Gasteiger partial charge in [-0.1, -0.05) is 127 Å². The Balaban J connectivity index is 1.07. The number of thiophene rings is 1. The van der Waals surface area contributed by atoms with E-state index in [1.54, 1.807) is 0 Å². The van der Waals surface area contributed by atoms with Gasteiger partial charge in [-0.2, -0.15) is 0 Å². The number of fused-ring (bicyclic) bond motifs is 8. The van der Waals surface area contributed by atoms with E-state index in [-0.39, 0.29) is 5.92 Å². The van der Waals surface area contributed by atoms with Gasteiger partial charge in [-0.15, -0.1) is 11.3 Å². The molecule has 2 aliphatic rings. The second-order valence-corrected chi connectivity index (χ2v) is 15.5. The van der Waals surface area contributed by atoms with Crippen molar-refractivity contribution in [2.75, 3.05) is 9.80 Å². The van der Waals surface area contributed by atoms with E-state index >= 15 is 0 Å². The van der Waals surface area contributed by atoms with Gasteiger partial charge in [-0.3, -0.25) is 0 Å². The Bertz CT molecular complexity index is 2960. The highest BCUT2D eigenvalue weighted by Crippen LogP contribution is 2.55. The van der Waals surface area contributed by atoms with Crippen molar-refractivity contribution >= 4 is 70.7 Å². The third kappa shape index (κ3) is 5.31. The van der Waals surface area contributed by atoms with Gasteiger partial charge in [0.1, 0.15) is 0 Å². The molecule has 2 nitrogen and oxygen atoms in total. The quantitative estimate of drug-likeness (QED) is 0.169. The van der Waals surface area contributed by atoms with E-state index in [9.17, 15) is 0 Å². The van der Waals surface area contributed by atoms with Crippen LogP contribution in [0.4, 0.5) is 28.4 Å². The third-order valence-electron chi connectivity index (χ3n) is 11.3. The molecule has 260 valence electrons. The summed E-state index contributed by atoms with van der Waals surface area (Å²) in [6, 6.07) is 66.8. The number of benzene rings is 8. The van der Waals surface area contributed by atoms with Crippen molar-refractivity contribution < 1.29 is 0 Å². The zero-order valence-electron chi connectivity index (χ0n) is 30.1. The highest BCUT2D eigenvalue weighted by molar-refractivity contribution is 7.26. The van der Waals surface area contributed by atoms with Crippen molar-refractivity contribution in [1.29, 1.82) is 0 Å². The van der Waals surface area contributed by atoms with Crippen LogP contribution in [0.15, 0.2) is 206 Å². The molecule has 0 spiro atoms. The largest absolute Gasteiger partial charge is 0.313 e. The molecule has 0 amide bonds. The summed E-state index contributed by atoms with van der Waals surface area (Å²) in [4.78, 5) is 4.93. The summed E-state index contributed by atoms with van der Waals surface area (Å²) in [6.07, 6.45) is 7.79. The number of hydrogen-bond donors (Lipinski definition) is 0. The molecule has 1 aliphatic heterocycles. The first-order valence-electron chi connectivity index (χ1n) is 19.0. The molecule has 3 heteroatoms. The van der Waals surface area contributed by atoms with Crippen LogP contribution in [-0.2, 0) is 0 Å². The van der Waals surface area contributed by atoms with E-state index in [4.69, 9.17) is 0 Å². The molecule has 0 radical (unpaired) electrons. The number of para-hydroxylation sites is 1. The summed E-state index contributed by atoms with van der Waals surface area (Å²) in [5.74, 6) is 0.248. The Morgan fingerprint density at radius 1 is 0.527 bits per heavy atom. The van der Waals surface area contributed by atoms with E-state index in [0.717, 1.165) is 17.8 Å². The van der Waals surface area contributed by atoms with Crippen molar-refractivity contribution in [2.24, 2.45) is 0 Å². The van der Waals surface area contributed by atoms with E-state index in [1.165, 1.54) is 81.5 Å². The first-order valence-corrected chi connectivity index (χ1v) is 19.8. The number of anilines is 5. The minimum Gasteiger partial charge on any atom is -0.313 e. The summed E-state index contributed by atoms with van der Waals surface area (Å²) in [5.41, 5.74) is 13.4. The van der Waals surface area contributed by atoms with Gasteiger partial charge in [0.15, 0.2) is 0 Å². The molecule has 1 atom stereocenters. The third-order valence-corrected chi connectivity index (χ3v) is 12.5.